The molecule has 0 bridgehead atoms. The molecule has 1 N–H and O–H groups in total. The fraction of sp³-hybridized carbons (Fsp3) is 1.00. The van der Waals surface area contributed by atoms with E-state index in [-0.39, 0.29) is 0 Å². The van der Waals surface area contributed by atoms with Gasteiger partial charge in [-0.25, -0.2) is 0 Å². The van der Waals surface area contributed by atoms with Crippen molar-refractivity contribution in [3.63, 3.8) is 0 Å². The van der Waals surface area contributed by atoms with E-state index >= 15 is 0 Å². The van der Waals surface area contributed by atoms with Gasteiger partial charge in [0.15, 0.2) is 0 Å². The van der Waals surface area contributed by atoms with Crippen molar-refractivity contribution in [2.75, 3.05) is 26.2 Å². The Morgan fingerprint density at radius 3 is 2.74 bits per heavy atom. The maximum Gasteiger partial charge on any atom is 0.0702 e. The summed E-state index contributed by atoms with van der Waals surface area (Å²) in [5, 5.41) is 3.81. The van der Waals surface area contributed by atoms with Crippen molar-refractivity contribution in [2.24, 2.45) is 11.8 Å². The Labute approximate surface area is 118 Å². The van der Waals surface area contributed by atoms with E-state index in [1.165, 1.54) is 51.7 Å². The van der Waals surface area contributed by atoms with Crippen molar-refractivity contribution < 1.29 is 4.74 Å². The van der Waals surface area contributed by atoms with Crippen LogP contribution in [0.4, 0.5) is 0 Å². The Balaban J connectivity index is 1.58. The first-order chi connectivity index (χ1) is 9.22. The van der Waals surface area contributed by atoms with Gasteiger partial charge in [0.05, 0.1) is 6.10 Å². The van der Waals surface area contributed by atoms with Gasteiger partial charge in [0.1, 0.15) is 0 Å². The molecule has 19 heavy (non-hydrogen) atoms. The van der Waals surface area contributed by atoms with E-state index in [0.717, 1.165) is 30.5 Å². The van der Waals surface area contributed by atoms with E-state index < -0.39 is 0 Å². The molecule has 0 amide bonds. The molecule has 3 rings (SSSR count). The highest BCUT2D eigenvalue weighted by Crippen LogP contribution is 2.35. The summed E-state index contributed by atoms with van der Waals surface area (Å²) in [5.74, 6) is 1.75. The van der Waals surface area contributed by atoms with Crippen LogP contribution in [0, 0.1) is 11.8 Å². The molecule has 2 saturated heterocycles. The van der Waals surface area contributed by atoms with Crippen LogP contribution in [0.25, 0.3) is 0 Å². The molecule has 3 atom stereocenters. The van der Waals surface area contributed by atoms with Crippen LogP contribution in [0.15, 0.2) is 0 Å². The third kappa shape index (κ3) is 3.71. The topological polar surface area (TPSA) is 24.5 Å². The molecular formula is C16H30N2O. The summed E-state index contributed by atoms with van der Waals surface area (Å²) in [6.45, 7) is 9.28. The minimum atomic E-state index is 0.507. The maximum absolute atomic E-state index is 5.86. The molecule has 2 aliphatic heterocycles. The van der Waals surface area contributed by atoms with Gasteiger partial charge < -0.3 is 10.1 Å². The third-order valence-electron chi connectivity index (χ3n) is 4.96. The molecular weight excluding hydrogens is 236 g/mol. The minimum Gasteiger partial charge on any atom is -0.377 e. The second-order valence-corrected chi connectivity index (χ2v) is 7.22. The fourth-order valence-electron chi connectivity index (χ4n) is 3.75. The van der Waals surface area contributed by atoms with Crippen molar-refractivity contribution >= 4 is 0 Å². The number of ether oxygens (including phenoxy) is 1. The van der Waals surface area contributed by atoms with Crippen LogP contribution in [0.1, 0.15) is 46.0 Å². The van der Waals surface area contributed by atoms with Crippen molar-refractivity contribution in [3.8, 4) is 0 Å². The summed E-state index contributed by atoms with van der Waals surface area (Å²) < 4.78 is 5.86. The lowest BCUT2D eigenvalue weighted by atomic mass is 9.97. The zero-order valence-electron chi connectivity index (χ0n) is 12.6. The predicted octanol–water partition coefficient (Wildman–Crippen LogP) is 2.26. The quantitative estimate of drug-likeness (QED) is 0.826. The molecule has 0 aromatic carbocycles. The van der Waals surface area contributed by atoms with Crippen LogP contribution in [-0.4, -0.2) is 49.3 Å². The summed E-state index contributed by atoms with van der Waals surface area (Å²) in [7, 11) is 0. The predicted molar refractivity (Wildman–Crippen MR) is 78.3 cm³/mol. The monoisotopic (exact) mass is 266 g/mol. The summed E-state index contributed by atoms with van der Waals surface area (Å²) in [6, 6.07) is 1.48. The number of hydrogen-bond donors (Lipinski definition) is 1. The molecule has 3 unspecified atom stereocenters. The standard InChI is InChI=1S/C16H30N2O/c1-12(2)8-14-9-17-16(13-5-6-13)11-18(14)10-15-4-3-7-19-15/h12-17H,3-11H2,1-2H3. The van der Waals surface area contributed by atoms with Gasteiger partial charge in [-0.15, -0.1) is 0 Å². The van der Waals surface area contributed by atoms with Crippen LogP contribution in [0.2, 0.25) is 0 Å². The lowest BCUT2D eigenvalue weighted by Gasteiger charge is -2.42. The van der Waals surface area contributed by atoms with Crippen LogP contribution in [0.3, 0.4) is 0 Å². The Kier molecular flexibility index (Phi) is 4.45. The van der Waals surface area contributed by atoms with Crippen molar-refractivity contribution in [1.82, 2.24) is 10.2 Å². The fourth-order valence-corrected chi connectivity index (χ4v) is 3.75. The normalized spacial score (nSPS) is 37.1. The van der Waals surface area contributed by atoms with E-state index in [4.69, 9.17) is 4.74 Å². The molecule has 0 aromatic heterocycles. The Morgan fingerprint density at radius 1 is 1.26 bits per heavy atom. The highest BCUT2D eigenvalue weighted by Gasteiger charge is 2.38. The second-order valence-electron chi connectivity index (χ2n) is 7.22. The van der Waals surface area contributed by atoms with E-state index in [9.17, 15) is 0 Å². The van der Waals surface area contributed by atoms with Gasteiger partial charge in [-0.3, -0.25) is 4.90 Å². The number of nitrogens with one attached hydrogen (secondary N) is 1. The lowest BCUT2D eigenvalue weighted by Crippen LogP contribution is -2.58. The van der Waals surface area contributed by atoms with E-state index in [0.29, 0.717) is 6.10 Å². The van der Waals surface area contributed by atoms with E-state index in [2.05, 4.69) is 24.1 Å². The summed E-state index contributed by atoms with van der Waals surface area (Å²) in [4.78, 5) is 2.75. The molecule has 2 heterocycles. The maximum atomic E-state index is 5.86. The van der Waals surface area contributed by atoms with Crippen LogP contribution >= 0.6 is 0 Å². The van der Waals surface area contributed by atoms with E-state index in [1.807, 2.05) is 0 Å². The van der Waals surface area contributed by atoms with Gasteiger partial charge in [-0.05, 0) is 43.9 Å². The Bertz CT molecular complexity index is 282. The Hall–Kier alpha value is -0.120. The molecule has 0 aromatic rings. The van der Waals surface area contributed by atoms with Gasteiger partial charge in [-0.2, -0.15) is 0 Å². The van der Waals surface area contributed by atoms with Crippen molar-refractivity contribution in [3.05, 3.63) is 0 Å². The third-order valence-corrected chi connectivity index (χ3v) is 4.96. The van der Waals surface area contributed by atoms with Gasteiger partial charge in [0, 0.05) is 38.3 Å². The molecule has 3 fully saturated rings. The average molecular weight is 266 g/mol. The smallest absolute Gasteiger partial charge is 0.0702 e. The SMILES string of the molecule is CC(C)CC1CNC(C2CC2)CN1CC1CCCO1. The highest BCUT2D eigenvalue weighted by molar-refractivity contribution is 4.95. The van der Waals surface area contributed by atoms with Gasteiger partial charge in [-0.1, -0.05) is 13.8 Å². The molecule has 110 valence electrons. The van der Waals surface area contributed by atoms with Crippen LogP contribution in [0.5, 0.6) is 0 Å². The Morgan fingerprint density at radius 2 is 2.11 bits per heavy atom. The first-order valence-electron chi connectivity index (χ1n) is 8.31. The summed E-state index contributed by atoms with van der Waals surface area (Å²) >= 11 is 0. The van der Waals surface area contributed by atoms with Gasteiger partial charge in [0.25, 0.3) is 0 Å². The van der Waals surface area contributed by atoms with Crippen molar-refractivity contribution in [1.29, 1.82) is 0 Å². The number of piperazine rings is 1. The van der Waals surface area contributed by atoms with Gasteiger partial charge >= 0.3 is 0 Å². The number of hydrogen-bond acceptors (Lipinski definition) is 3. The minimum absolute atomic E-state index is 0.507. The average Bonchev–Trinajstić information content (AvgIpc) is 3.10. The number of rotatable bonds is 5. The molecule has 1 aliphatic carbocycles. The van der Waals surface area contributed by atoms with E-state index in [1.54, 1.807) is 0 Å². The molecule has 0 spiro atoms. The largest absolute Gasteiger partial charge is 0.377 e. The van der Waals surface area contributed by atoms with Crippen LogP contribution < -0.4 is 5.32 Å². The first-order valence-corrected chi connectivity index (χ1v) is 8.31. The number of nitrogens with zero attached hydrogens (tertiary/aromatic N) is 1. The second kappa shape index (κ2) is 6.11. The van der Waals surface area contributed by atoms with Gasteiger partial charge in [0.2, 0.25) is 0 Å². The molecule has 1 saturated carbocycles. The summed E-state index contributed by atoms with van der Waals surface area (Å²) in [5.41, 5.74) is 0. The molecule has 3 heteroatoms. The molecule has 3 aliphatic rings. The van der Waals surface area contributed by atoms with Crippen LogP contribution in [-0.2, 0) is 4.74 Å². The lowest BCUT2D eigenvalue weighted by molar-refractivity contribution is 0.0316. The highest BCUT2D eigenvalue weighted by atomic mass is 16.5. The zero-order chi connectivity index (χ0) is 13.2. The summed E-state index contributed by atoms with van der Waals surface area (Å²) in [6.07, 6.45) is 7.24. The molecule has 3 nitrogen and oxygen atoms in total. The molecule has 0 radical (unpaired) electrons. The van der Waals surface area contributed by atoms with Crippen molar-refractivity contribution in [2.45, 2.75) is 64.1 Å². The zero-order valence-corrected chi connectivity index (χ0v) is 12.6. The first kappa shape index (κ1) is 13.8.